The van der Waals surface area contributed by atoms with Crippen molar-refractivity contribution in [1.29, 1.82) is 0 Å². The lowest BCUT2D eigenvalue weighted by Crippen LogP contribution is -2.42. The van der Waals surface area contributed by atoms with E-state index in [4.69, 9.17) is 0 Å². The molecule has 0 radical (unpaired) electrons. The molecular formula is C19H16FN3O3. The van der Waals surface area contributed by atoms with E-state index in [1.807, 2.05) is 24.3 Å². The second-order valence-corrected chi connectivity index (χ2v) is 6.44. The van der Waals surface area contributed by atoms with Gasteiger partial charge in [0.25, 0.3) is 5.91 Å². The molecule has 2 aromatic rings. The van der Waals surface area contributed by atoms with Gasteiger partial charge in [-0.3, -0.25) is 14.5 Å². The average Bonchev–Trinajstić information content (AvgIpc) is 3.11. The number of urea groups is 1. The summed E-state index contributed by atoms with van der Waals surface area (Å²) in [6.45, 7) is -0.397. The number of hydrogen-bond acceptors (Lipinski definition) is 3. The fraction of sp³-hybridized carbons (Fsp3) is 0.211. The maximum Gasteiger partial charge on any atom is 0.325 e. The molecule has 132 valence electrons. The minimum atomic E-state index is -1.08. The average molecular weight is 353 g/mol. The lowest BCUT2D eigenvalue weighted by molar-refractivity contribution is -0.134. The first kappa shape index (κ1) is 16.3. The van der Waals surface area contributed by atoms with Crippen molar-refractivity contribution in [2.24, 2.45) is 0 Å². The highest BCUT2D eigenvalue weighted by atomic mass is 19.1. The summed E-state index contributed by atoms with van der Waals surface area (Å²) in [5.41, 5.74) is 1.13. The van der Waals surface area contributed by atoms with Crippen LogP contribution >= 0.6 is 0 Å². The highest BCUT2D eigenvalue weighted by Gasteiger charge is 2.55. The maximum atomic E-state index is 12.9. The zero-order valence-electron chi connectivity index (χ0n) is 13.8. The van der Waals surface area contributed by atoms with Crippen LogP contribution < -0.4 is 10.6 Å². The molecule has 1 saturated heterocycles. The van der Waals surface area contributed by atoms with E-state index in [2.05, 4.69) is 10.6 Å². The summed E-state index contributed by atoms with van der Waals surface area (Å²) in [5.74, 6) is -1.36. The van der Waals surface area contributed by atoms with Gasteiger partial charge in [0.15, 0.2) is 0 Å². The number of nitrogens with one attached hydrogen (secondary N) is 2. The normalized spacial score (nSPS) is 21.0. The van der Waals surface area contributed by atoms with Crippen LogP contribution in [0.5, 0.6) is 0 Å². The van der Waals surface area contributed by atoms with Crippen molar-refractivity contribution in [3.8, 4) is 0 Å². The van der Waals surface area contributed by atoms with Crippen LogP contribution in [-0.4, -0.2) is 29.3 Å². The van der Waals surface area contributed by atoms with E-state index >= 15 is 0 Å². The third kappa shape index (κ3) is 2.52. The van der Waals surface area contributed by atoms with E-state index in [1.165, 1.54) is 24.3 Å². The van der Waals surface area contributed by atoms with Crippen molar-refractivity contribution >= 4 is 23.5 Å². The van der Waals surface area contributed by atoms with Crippen LogP contribution in [0.25, 0.3) is 0 Å². The fourth-order valence-corrected chi connectivity index (χ4v) is 3.61. The van der Waals surface area contributed by atoms with Crippen LogP contribution in [0.2, 0.25) is 0 Å². The number of benzene rings is 2. The van der Waals surface area contributed by atoms with Crippen LogP contribution in [-0.2, 0) is 21.5 Å². The largest absolute Gasteiger partial charge is 0.325 e. The Hall–Kier alpha value is -3.22. The Balaban J connectivity index is 1.52. The Morgan fingerprint density at radius 1 is 1.15 bits per heavy atom. The molecule has 26 heavy (non-hydrogen) atoms. The van der Waals surface area contributed by atoms with Crippen molar-refractivity contribution in [2.45, 2.75) is 18.4 Å². The van der Waals surface area contributed by atoms with Crippen LogP contribution in [0.15, 0.2) is 48.5 Å². The number of amides is 4. The molecule has 0 aromatic heterocycles. The van der Waals surface area contributed by atoms with Gasteiger partial charge in [0.05, 0.1) is 0 Å². The molecule has 1 heterocycles. The molecule has 1 spiro atoms. The molecule has 1 atom stereocenters. The highest BCUT2D eigenvalue weighted by Crippen LogP contribution is 2.41. The van der Waals surface area contributed by atoms with Gasteiger partial charge in [-0.2, -0.15) is 0 Å². The minimum absolute atomic E-state index is 0.393. The second kappa shape index (κ2) is 5.94. The van der Waals surface area contributed by atoms with Crippen molar-refractivity contribution < 1.29 is 18.8 Å². The smallest absolute Gasteiger partial charge is 0.325 e. The number of halogens is 1. The number of aryl methyl sites for hydroxylation is 1. The molecule has 0 saturated carbocycles. The Labute approximate surface area is 149 Å². The zero-order valence-corrected chi connectivity index (χ0v) is 13.8. The predicted octanol–water partition coefficient (Wildman–Crippen LogP) is 2.16. The van der Waals surface area contributed by atoms with Gasteiger partial charge in [-0.05, 0) is 48.2 Å². The molecule has 4 amide bonds. The molecule has 7 heteroatoms. The maximum absolute atomic E-state index is 12.9. The lowest BCUT2D eigenvalue weighted by Gasteiger charge is -2.22. The van der Waals surface area contributed by atoms with E-state index in [0.29, 0.717) is 18.5 Å². The summed E-state index contributed by atoms with van der Waals surface area (Å²) in [4.78, 5) is 38.4. The van der Waals surface area contributed by atoms with Gasteiger partial charge in [-0.1, -0.05) is 24.3 Å². The molecule has 6 nitrogen and oxygen atoms in total. The van der Waals surface area contributed by atoms with E-state index < -0.39 is 35.7 Å². The van der Waals surface area contributed by atoms with E-state index in [9.17, 15) is 18.8 Å². The summed E-state index contributed by atoms with van der Waals surface area (Å²) >= 11 is 0. The molecule has 1 unspecified atom stereocenters. The Kier molecular flexibility index (Phi) is 3.72. The van der Waals surface area contributed by atoms with Gasteiger partial charge in [-0.15, -0.1) is 0 Å². The fourth-order valence-electron chi connectivity index (χ4n) is 3.61. The van der Waals surface area contributed by atoms with E-state index in [-0.39, 0.29) is 0 Å². The first-order valence-electron chi connectivity index (χ1n) is 8.27. The molecule has 1 aliphatic carbocycles. The number of rotatable bonds is 3. The standard InChI is InChI=1S/C19H16FN3O3/c20-13-5-7-14(8-6-13)21-16(24)11-23-17(25)19(22-18(23)26)10-9-12-3-1-2-4-15(12)19/h1-8H,9-11H2,(H,21,24)(H,22,26). The number of carbonyl (C=O) groups excluding carboxylic acids is 3. The van der Waals surface area contributed by atoms with Crippen LogP contribution in [0.4, 0.5) is 14.9 Å². The quantitative estimate of drug-likeness (QED) is 0.830. The lowest BCUT2D eigenvalue weighted by atomic mass is 9.92. The van der Waals surface area contributed by atoms with Gasteiger partial charge in [0.1, 0.15) is 17.9 Å². The predicted molar refractivity (Wildman–Crippen MR) is 91.7 cm³/mol. The Bertz CT molecular complexity index is 913. The molecule has 1 aliphatic heterocycles. The summed E-state index contributed by atoms with van der Waals surface area (Å²) in [6, 6.07) is 12.2. The van der Waals surface area contributed by atoms with Gasteiger partial charge >= 0.3 is 6.03 Å². The monoisotopic (exact) mass is 353 g/mol. The number of hydrogen-bond donors (Lipinski definition) is 2. The van der Waals surface area contributed by atoms with Crippen LogP contribution in [0.1, 0.15) is 17.5 Å². The highest BCUT2D eigenvalue weighted by molar-refractivity contribution is 6.10. The number of carbonyl (C=O) groups is 3. The van der Waals surface area contributed by atoms with Crippen molar-refractivity contribution in [2.75, 3.05) is 11.9 Å². The Morgan fingerprint density at radius 3 is 2.65 bits per heavy atom. The number of anilines is 1. The van der Waals surface area contributed by atoms with Crippen molar-refractivity contribution in [3.05, 3.63) is 65.5 Å². The number of nitrogens with zero attached hydrogens (tertiary/aromatic N) is 1. The molecule has 0 bridgehead atoms. The summed E-state index contributed by atoms with van der Waals surface area (Å²) < 4.78 is 12.9. The van der Waals surface area contributed by atoms with E-state index in [1.54, 1.807) is 0 Å². The first-order chi connectivity index (χ1) is 12.5. The third-order valence-corrected chi connectivity index (χ3v) is 4.85. The molecule has 2 aromatic carbocycles. The van der Waals surface area contributed by atoms with Crippen LogP contribution in [0, 0.1) is 5.82 Å². The van der Waals surface area contributed by atoms with Crippen LogP contribution in [0.3, 0.4) is 0 Å². The molecule has 2 N–H and O–H groups in total. The van der Waals surface area contributed by atoms with Gasteiger partial charge < -0.3 is 10.6 Å². The van der Waals surface area contributed by atoms with Crippen molar-refractivity contribution in [1.82, 2.24) is 10.2 Å². The number of imide groups is 1. The minimum Gasteiger partial charge on any atom is -0.325 e. The third-order valence-electron chi connectivity index (χ3n) is 4.85. The summed E-state index contributed by atoms with van der Waals surface area (Å²) in [6.07, 6.45) is 1.17. The zero-order chi connectivity index (χ0) is 18.3. The summed E-state index contributed by atoms with van der Waals surface area (Å²) in [5, 5.41) is 5.33. The van der Waals surface area contributed by atoms with Gasteiger partial charge in [-0.25, -0.2) is 9.18 Å². The first-order valence-corrected chi connectivity index (χ1v) is 8.27. The SMILES string of the molecule is O=C(CN1C(=O)NC2(CCc3ccccc32)C1=O)Nc1ccc(F)cc1. The second-order valence-electron chi connectivity index (χ2n) is 6.44. The molecular weight excluding hydrogens is 337 g/mol. The molecule has 4 rings (SSSR count). The van der Waals surface area contributed by atoms with Gasteiger partial charge in [0.2, 0.25) is 5.91 Å². The Morgan fingerprint density at radius 2 is 1.88 bits per heavy atom. The number of fused-ring (bicyclic) bond motifs is 2. The van der Waals surface area contributed by atoms with E-state index in [0.717, 1.165) is 16.0 Å². The topological polar surface area (TPSA) is 78.5 Å². The molecule has 1 fully saturated rings. The molecule has 2 aliphatic rings. The summed E-state index contributed by atoms with van der Waals surface area (Å²) in [7, 11) is 0. The van der Waals surface area contributed by atoms with Crippen molar-refractivity contribution in [3.63, 3.8) is 0 Å². The van der Waals surface area contributed by atoms with Gasteiger partial charge in [0, 0.05) is 5.69 Å².